The summed E-state index contributed by atoms with van der Waals surface area (Å²) in [5.41, 5.74) is 18.2. The van der Waals surface area contributed by atoms with Gasteiger partial charge in [-0.15, -0.1) is 0 Å². The average Bonchev–Trinajstić information content (AvgIpc) is 1.59. The van der Waals surface area contributed by atoms with Crippen LogP contribution < -0.4 is 16.0 Å². The summed E-state index contributed by atoms with van der Waals surface area (Å²) in [4.78, 5) is 29.3. The number of nitrogens with one attached hydrogen (secondary N) is 1. The van der Waals surface area contributed by atoms with Crippen LogP contribution in [0.4, 0.5) is 17.1 Å². The lowest BCUT2D eigenvalue weighted by atomic mass is 9.75. The summed E-state index contributed by atoms with van der Waals surface area (Å²) in [6, 6.07) is 31.2. The van der Waals surface area contributed by atoms with Crippen LogP contribution in [-0.4, -0.2) is 192 Å². The van der Waals surface area contributed by atoms with Gasteiger partial charge >= 0.3 is 0 Å². The van der Waals surface area contributed by atoms with E-state index in [1.165, 1.54) is 29.8 Å². The number of allylic oxidation sites excluding steroid dienone is 8. The van der Waals surface area contributed by atoms with E-state index in [0.717, 1.165) is 73.6 Å². The number of amides is 1. The van der Waals surface area contributed by atoms with Crippen molar-refractivity contribution in [3.8, 4) is 5.69 Å². The van der Waals surface area contributed by atoms with Gasteiger partial charge in [0.2, 0.25) is 5.69 Å². The fourth-order valence-corrected chi connectivity index (χ4v) is 18.3. The number of halogens is 1. The van der Waals surface area contributed by atoms with Crippen molar-refractivity contribution >= 4 is 103 Å². The van der Waals surface area contributed by atoms with E-state index >= 15 is 0 Å². The molecule has 0 atom stereocenters. The number of Topliss-reactive ketones (excluding diaryl/α,β-unsaturated/α-hetero) is 1. The highest BCUT2D eigenvalue weighted by molar-refractivity contribution is 14.1. The minimum atomic E-state index is -4.59. The number of ether oxygens (including phenoxy) is 5. The van der Waals surface area contributed by atoms with Crippen LogP contribution in [0.15, 0.2) is 154 Å². The van der Waals surface area contributed by atoms with Crippen LogP contribution in [0.25, 0.3) is 11.3 Å². The number of carbonyl (C=O) groups is 2. The van der Waals surface area contributed by atoms with Crippen LogP contribution in [0.5, 0.6) is 0 Å². The predicted molar refractivity (Wildman–Crippen MR) is 448 cm³/mol. The summed E-state index contributed by atoms with van der Waals surface area (Å²) >= 11 is 2.33. The predicted octanol–water partition coefficient (Wildman–Crippen LogP) is 13.0. The SMILES string of the molecule is Cc1nn(-c2ccc(C(N)=O)c(NCCCOCCOCCOCCOCCOCCCN(Cc3ccc(C4=C(/C=C/C5=[N+](CCCCS(=O)(=O)O)c6ccc(S(=O)(=O)O)cc6C5(C)C)CCC/C4=C\C=C4\N(CCCCS(=O)(=O)O)c5ccc(S(=O)(=O)O)cc5C4(C)C)cc3)Cc3cccc(I)c3)c2)c2c1C(=O)CC(C)(C)C2. The smallest absolute Gasteiger partial charge is 0.294 e. The molecule has 0 fully saturated rings. The number of nitrogens with zero attached hydrogens (tertiary/aromatic N) is 5. The van der Waals surface area contributed by atoms with E-state index in [9.17, 15) is 61.5 Å². The minimum Gasteiger partial charge on any atom is -0.384 e. The molecular formula is C83H107IN7O19S4+. The molecule has 5 aromatic carbocycles. The number of aryl methyl sites for hydroxylation is 1. The number of anilines is 2. The maximum absolute atomic E-state index is 13.0. The van der Waals surface area contributed by atoms with E-state index in [1.807, 2.05) is 67.0 Å². The number of unbranched alkanes of at least 4 members (excludes halogenated alkanes) is 2. The van der Waals surface area contributed by atoms with Crippen molar-refractivity contribution < 1.29 is 89.7 Å². The summed E-state index contributed by atoms with van der Waals surface area (Å²) in [5.74, 6) is -1.33. The number of aromatic nitrogens is 2. The molecule has 0 saturated heterocycles. The number of rotatable bonds is 43. The van der Waals surface area contributed by atoms with Crippen molar-refractivity contribution in [2.24, 2.45) is 11.1 Å². The molecule has 31 heteroatoms. The summed E-state index contributed by atoms with van der Waals surface area (Å²) < 4.78 is 171. The Kier molecular flexibility index (Phi) is 30.4. The third-order valence-corrected chi connectivity index (χ3v) is 25.0. The van der Waals surface area contributed by atoms with Gasteiger partial charge in [0.25, 0.3) is 46.4 Å². The number of ketones is 1. The number of hydrogen-bond acceptors (Lipinski definition) is 19. The van der Waals surface area contributed by atoms with Crippen LogP contribution in [-0.2, 0) is 94.5 Å². The minimum absolute atomic E-state index is 0.0930. The lowest BCUT2D eigenvalue weighted by Gasteiger charge is -2.29. The quantitative estimate of drug-likeness (QED) is 0.00896. The van der Waals surface area contributed by atoms with E-state index < -0.39 is 68.7 Å². The molecule has 2 aliphatic heterocycles. The van der Waals surface area contributed by atoms with Gasteiger partial charge in [0, 0.05) is 103 Å². The largest absolute Gasteiger partial charge is 0.384 e. The second kappa shape index (κ2) is 38.9. The van der Waals surface area contributed by atoms with Gasteiger partial charge < -0.3 is 39.6 Å². The molecule has 3 heterocycles. The standard InChI is InChI=1S/C83H106IN7O19S4/c1-58-78-74(54-81(2,3)55-75(78)92)91(87-58)65-26-29-68(80(85)93)71(51-65)86-34-14-38-106-40-42-108-44-46-110-47-45-109-43-41-107-39-15-35-88(57-60-16-12-19-64(84)50-60)56-59-20-22-63(23-21-59)79-61(24-32-76-82(4,5)69-52-66(113(100,101)102)27-30-72(69)89(76)36-8-10-48-111(94,95)96)17-13-18-62(79)25-33-77-83(6,7)70-53-67(114(103,104)105)28-31-73(70)90(77)37-9-11-49-112(97,98)99/h12,16,19-33,50-53H,8-11,13-15,17-18,34-49,54-57H2,1-7H3,(H6-,85,86,93,94,95,96,97,98,99,100,101,102,103,104,105)/p+1. The topological polar surface area (TPSA) is 363 Å². The van der Waals surface area contributed by atoms with Crippen molar-refractivity contribution in [2.75, 3.05) is 114 Å². The summed E-state index contributed by atoms with van der Waals surface area (Å²) in [6.07, 6.45) is 13.9. The zero-order valence-electron chi connectivity index (χ0n) is 65.9. The van der Waals surface area contributed by atoms with Gasteiger partial charge in [-0.3, -0.25) is 32.7 Å². The maximum Gasteiger partial charge on any atom is 0.294 e. The Balaban J connectivity index is 0.756. The Labute approximate surface area is 684 Å². The molecule has 0 bridgehead atoms. The first-order valence-corrected chi connectivity index (χ1v) is 45.7. The number of fused-ring (bicyclic) bond motifs is 3. The molecule has 7 N–H and O–H groups in total. The lowest BCUT2D eigenvalue weighted by molar-refractivity contribution is -0.438. The first kappa shape index (κ1) is 89.2. The molecule has 0 unspecified atom stereocenters. The molecule has 0 radical (unpaired) electrons. The zero-order valence-corrected chi connectivity index (χ0v) is 71.3. The Morgan fingerprint density at radius 2 is 1.25 bits per heavy atom. The van der Waals surface area contributed by atoms with Gasteiger partial charge in [-0.05, 0) is 212 Å². The third kappa shape index (κ3) is 24.0. The van der Waals surface area contributed by atoms with Crippen molar-refractivity contribution in [1.29, 1.82) is 0 Å². The van der Waals surface area contributed by atoms with Crippen molar-refractivity contribution in [1.82, 2.24) is 14.7 Å². The van der Waals surface area contributed by atoms with E-state index in [2.05, 4.69) is 107 Å². The Hall–Kier alpha value is -7.19. The number of hydrogen-bond donors (Lipinski definition) is 6. The zero-order chi connectivity index (χ0) is 82.4. The van der Waals surface area contributed by atoms with Gasteiger partial charge in [-0.25, -0.2) is 4.68 Å². The fourth-order valence-electron chi connectivity index (χ4n) is 15.5. The second-order valence-corrected chi connectivity index (χ2v) is 38.4. The van der Waals surface area contributed by atoms with Crippen LogP contribution in [0.3, 0.4) is 0 Å². The van der Waals surface area contributed by atoms with E-state index in [-0.39, 0.29) is 33.8 Å². The first-order chi connectivity index (χ1) is 53.9. The van der Waals surface area contributed by atoms with Crippen molar-refractivity contribution in [2.45, 2.75) is 153 Å². The van der Waals surface area contributed by atoms with Crippen molar-refractivity contribution in [3.63, 3.8) is 0 Å². The molecule has 114 heavy (non-hydrogen) atoms. The highest BCUT2D eigenvalue weighted by Gasteiger charge is 2.46. The number of primary amides is 1. The molecule has 618 valence electrons. The first-order valence-electron chi connectivity index (χ1n) is 38.5. The van der Waals surface area contributed by atoms with Crippen LogP contribution in [0, 0.1) is 15.9 Å². The van der Waals surface area contributed by atoms with Gasteiger partial charge in [0.05, 0.1) is 108 Å². The average molecular weight is 1760 g/mol. The molecule has 1 amide bonds. The van der Waals surface area contributed by atoms with Gasteiger partial charge in [-0.1, -0.05) is 76.2 Å². The molecule has 0 spiro atoms. The summed E-state index contributed by atoms with van der Waals surface area (Å²) in [7, 11) is -17.6. The van der Waals surface area contributed by atoms with E-state index in [4.69, 9.17) is 34.5 Å². The molecule has 2 aliphatic carbocycles. The van der Waals surface area contributed by atoms with E-state index in [0.29, 0.717) is 189 Å². The summed E-state index contributed by atoms with van der Waals surface area (Å²) in [6.45, 7) is 21.3. The van der Waals surface area contributed by atoms with Crippen LogP contribution in [0.2, 0.25) is 0 Å². The van der Waals surface area contributed by atoms with Crippen molar-refractivity contribution in [3.05, 3.63) is 198 Å². The molecule has 26 nitrogen and oxygen atoms in total. The normalized spacial score (nSPS) is 17.0. The monoisotopic (exact) mass is 1760 g/mol. The van der Waals surface area contributed by atoms with Crippen LogP contribution in [0.1, 0.15) is 166 Å². The number of carbonyl (C=O) groups excluding carboxylic acids is 2. The molecule has 6 aromatic rings. The molecule has 1 aromatic heterocycles. The van der Waals surface area contributed by atoms with Gasteiger partial charge in [-0.2, -0.15) is 43.3 Å². The molecular weight excluding hydrogens is 1650 g/mol. The summed E-state index contributed by atoms with van der Waals surface area (Å²) in [5, 5.41) is 8.05. The van der Waals surface area contributed by atoms with Gasteiger partial charge in [0.1, 0.15) is 6.54 Å². The Bertz CT molecular complexity index is 5130. The molecule has 10 rings (SSSR count). The molecule has 0 saturated carbocycles. The number of nitrogens with two attached hydrogens (primary N) is 1. The highest BCUT2D eigenvalue weighted by atomic mass is 127. The Morgan fingerprint density at radius 1 is 0.649 bits per heavy atom. The molecule has 4 aliphatic rings. The fraction of sp³-hybridized carbons (Fsp3) is 0.470. The second-order valence-electron chi connectivity index (χ2n) is 31.2. The maximum atomic E-state index is 13.0. The lowest BCUT2D eigenvalue weighted by Crippen LogP contribution is -2.28. The third-order valence-electron chi connectivity index (χ3n) is 21.0. The Morgan fingerprint density at radius 3 is 1.88 bits per heavy atom. The van der Waals surface area contributed by atoms with Gasteiger partial charge in [0.15, 0.2) is 11.5 Å². The number of benzene rings is 5. The highest BCUT2D eigenvalue weighted by Crippen LogP contribution is 2.50. The van der Waals surface area contributed by atoms with E-state index in [1.54, 1.807) is 24.3 Å². The van der Waals surface area contributed by atoms with Crippen LogP contribution >= 0.6 is 22.6 Å².